The molecule has 0 bridgehead atoms. The molecule has 4 heteroatoms. The van der Waals surface area contributed by atoms with Gasteiger partial charge < -0.3 is 10.2 Å². The highest BCUT2D eigenvalue weighted by Crippen LogP contribution is 2.28. The van der Waals surface area contributed by atoms with Gasteiger partial charge in [0.25, 0.3) is 0 Å². The number of hydrogen-bond donors (Lipinski definition) is 1. The molecule has 2 heterocycles. The van der Waals surface area contributed by atoms with Crippen molar-refractivity contribution in [2.45, 2.75) is 52.1 Å². The minimum Gasteiger partial charge on any atom is -0.356 e. The van der Waals surface area contributed by atoms with Crippen molar-refractivity contribution >= 4 is 17.6 Å². The van der Waals surface area contributed by atoms with Crippen molar-refractivity contribution in [3.63, 3.8) is 0 Å². The van der Waals surface area contributed by atoms with Crippen LogP contribution in [0.2, 0.25) is 0 Å². The average molecular weight is 308 g/mol. The van der Waals surface area contributed by atoms with Crippen LogP contribution in [0.25, 0.3) is 0 Å². The first-order valence-corrected chi connectivity index (χ1v) is 9.10. The van der Waals surface area contributed by atoms with Crippen molar-refractivity contribution < 1.29 is 0 Å². The highest BCUT2D eigenvalue weighted by atomic mass is 32.2. The number of hydrogen-bond acceptors (Lipinski definition) is 4. The van der Waals surface area contributed by atoms with Gasteiger partial charge in [-0.1, -0.05) is 27.7 Å². The van der Waals surface area contributed by atoms with Crippen LogP contribution in [0.3, 0.4) is 0 Å². The van der Waals surface area contributed by atoms with E-state index in [9.17, 15) is 0 Å². The van der Waals surface area contributed by atoms with Crippen LogP contribution < -0.4 is 10.2 Å². The molecule has 0 saturated carbocycles. The molecular formula is C17H29N3S. The quantitative estimate of drug-likeness (QED) is 0.902. The summed E-state index contributed by atoms with van der Waals surface area (Å²) >= 11 is 2.05. The predicted molar refractivity (Wildman–Crippen MR) is 94.5 cm³/mol. The Balaban J connectivity index is 2.29. The third-order valence-electron chi connectivity index (χ3n) is 4.03. The molecule has 0 spiro atoms. The van der Waals surface area contributed by atoms with Gasteiger partial charge in [-0.15, -0.1) is 0 Å². The van der Waals surface area contributed by atoms with E-state index in [-0.39, 0.29) is 5.41 Å². The number of pyridine rings is 1. The van der Waals surface area contributed by atoms with Crippen LogP contribution in [0.5, 0.6) is 0 Å². The second-order valence-corrected chi connectivity index (χ2v) is 8.03. The van der Waals surface area contributed by atoms with Gasteiger partial charge in [-0.25, -0.2) is 4.98 Å². The highest BCUT2D eigenvalue weighted by Gasteiger charge is 2.23. The molecule has 1 aliphatic heterocycles. The first kappa shape index (κ1) is 16.6. The van der Waals surface area contributed by atoms with Crippen LogP contribution >= 0.6 is 11.8 Å². The fraction of sp³-hybridized carbons (Fsp3) is 0.706. The molecule has 0 amide bonds. The van der Waals surface area contributed by atoms with Gasteiger partial charge in [-0.2, -0.15) is 11.8 Å². The smallest absolute Gasteiger partial charge is 0.129 e. The van der Waals surface area contributed by atoms with Crippen LogP contribution in [0, 0.1) is 0 Å². The Labute approximate surface area is 133 Å². The first-order valence-electron chi connectivity index (χ1n) is 7.94. The standard InChI is InChI=1S/C17H29N3S/c1-6-18-11-13-9-15(17(2,3)4)19-16(10-13)20(5)14-7-8-21-12-14/h9-10,14,18H,6-8,11-12H2,1-5H3. The molecule has 0 aliphatic carbocycles. The molecule has 1 saturated heterocycles. The maximum atomic E-state index is 4.95. The zero-order valence-electron chi connectivity index (χ0n) is 14.1. The van der Waals surface area contributed by atoms with Crippen LogP contribution in [-0.4, -0.2) is 36.1 Å². The first-order chi connectivity index (χ1) is 9.91. The van der Waals surface area contributed by atoms with E-state index in [2.05, 4.69) is 68.9 Å². The van der Waals surface area contributed by atoms with E-state index in [1.807, 2.05) is 0 Å². The largest absolute Gasteiger partial charge is 0.356 e. The van der Waals surface area contributed by atoms with Gasteiger partial charge in [0.2, 0.25) is 0 Å². The third-order valence-corrected chi connectivity index (χ3v) is 5.18. The van der Waals surface area contributed by atoms with E-state index < -0.39 is 0 Å². The molecular weight excluding hydrogens is 278 g/mol. The molecule has 118 valence electrons. The summed E-state index contributed by atoms with van der Waals surface area (Å²) in [6, 6.07) is 5.13. The van der Waals surface area contributed by atoms with Crippen molar-refractivity contribution in [1.29, 1.82) is 0 Å². The van der Waals surface area contributed by atoms with Gasteiger partial charge >= 0.3 is 0 Å². The molecule has 1 N–H and O–H groups in total. The van der Waals surface area contributed by atoms with Crippen LogP contribution in [0.4, 0.5) is 5.82 Å². The molecule has 21 heavy (non-hydrogen) atoms. The predicted octanol–water partition coefficient (Wildman–Crippen LogP) is 3.43. The van der Waals surface area contributed by atoms with E-state index in [1.165, 1.54) is 29.2 Å². The second kappa shape index (κ2) is 7.01. The molecule has 2 rings (SSSR count). The van der Waals surface area contributed by atoms with Gasteiger partial charge in [0.15, 0.2) is 0 Å². The normalized spacial score (nSPS) is 19.0. The minimum absolute atomic E-state index is 0.0856. The summed E-state index contributed by atoms with van der Waals surface area (Å²) in [5.74, 6) is 3.63. The van der Waals surface area contributed by atoms with E-state index in [0.717, 1.165) is 18.9 Å². The van der Waals surface area contributed by atoms with Gasteiger partial charge in [-0.3, -0.25) is 0 Å². The lowest BCUT2D eigenvalue weighted by molar-refractivity contribution is 0.564. The Hall–Kier alpha value is -0.740. The third kappa shape index (κ3) is 4.36. The van der Waals surface area contributed by atoms with E-state index in [4.69, 9.17) is 4.98 Å². The Morgan fingerprint density at radius 2 is 2.14 bits per heavy atom. The van der Waals surface area contributed by atoms with Gasteiger partial charge in [0, 0.05) is 36.5 Å². The molecule has 1 aromatic rings. The zero-order valence-corrected chi connectivity index (χ0v) is 14.9. The summed E-state index contributed by atoms with van der Waals surface area (Å²) in [5, 5.41) is 3.43. The Kier molecular flexibility index (Phi) is 5.55. The monoisotopic (exact) mass is 307 g/mol. The fourth-order valence-corrected chi connectivity index (χ4v) is 3.79. The summed E-state index contributed by atoms with van der Waals surface area (Å²) < 4.78 is 0. The average Bonchev–Trinajstić information content (AvgIpc) is 2.97. The summed E-state index contributed by atoms with van der Waals surface area (Å²) in [6.45, 7) is 10.8. The van der Waals surface area contributed by atoms with E-state index in [0.29, 0.717) is 6.04 Å². The summed E-state index contributed by atoms with van der Waals surface area (Å²) in [7, 11) is 2.20. The van der Waals surface area contributed by atoms with Crippen LogP contribution in [0.1, 0.15) is 45.4 Å². The lowest BCUT2D eigenvalue weighted by Gasteiger charge is -2.28. The maximum Gasteiger partial charge on any atom is 0.129 e. The number of nitrogens with one attached hydrogen (secondary N) is 1. The maximum absolute atomic E-state index is 4.95. The summed E-state index contributed by atoms with van der Waals surface area (Å²) in [6.07, 6.45) is 1.27. The molecule has 1 atom stereocenters. The van der Waals surface area contributed by atoms with Crippen LogP contribution in [-0.2, 0) is 12.0 Å². The Morgan fingerprint density at radius 1 is 1.38 bits per heavy atom. The zero-order chi connectivity index (χ0) is 15.5. The number of rotatable bonds is 5. The summed E-state index contributed by atoms with van der Waals surface area (Å²) in [5.41, 5.74) is 2.61. The second-order valence-electron chi connectivity index (χ2n) is 6.88. The van der Waals surface area contributed by atoms with Crippen molar-refractivity contribution in [2.24, 2.45) is 0 Å². The van der Waals surface area contributed by atoms with Gasteiger partial charge in [-0.05, 0) is 36.4 Å². The van der Waals surface area contributed by atoms with Gasteiger partial charge in [0.05, 0.1) is 0 Å². The van der Waals surface area contributed by atoms with E-state index in [1.54, 1.807) is 0 Å². The SMILES string of the molecule is CCNCc1cc(N(C)C2CCSC2)nc(C(C)(C)C)c1. The molecule has 0 aromatic carbocycles. The van der Waals surface area contributed by atoms with Crippen molar-refractivity contribution in [2.75, 3.05) is 30.0 Å². The molecule has 1 aromatic heterocycles. The van der Waals surface area contributed by atoms with Crippen molar-refractivity contribution in [1.82, 2.24) is 10.3 Å². The number of aromatic nitrogens is 1. The van der Waals surface area contributed by atoms with Crippen LogP contribution in [0.15, 0.2) is 12.1 Å². The van der Waals surface area contributed by atoms with Crippen molar-refractivity contribution in [3.8, 4) is 0 Å². The summed E-state index contributed by atoms with van der Waals surface area (Å²) in [4.78, 5) is 7.33. The number of nitrogens with zero attached hydrogens (tertiary/aromatic N) is 2. The Morgan fingerprint density at radius 3 is 2.71 bits per heavy atom. The number of thioether (sulfide) groups is 1. The van der Waals surface area contributed by atoms with Crippen molar-refractivity contribution in [3.05, 3.63) is 23.4 Å². The molecule has 1 unspecified atom stereocenters. The van der Waals surface area contributed by atoms with E-state index >= 15 is 0 Å². The highest BCUT2D eigenvalue weighted by molar-refractivity contribution is 7.99. The molecule has 1 fully saturated rings. The minimum atomic E-state index is 0.0856. The molecule has 3 nitrogen and oxygen atoms in total. The topological polar surface area (TPSA) is 28.2 Å². The molecule has 1 aliphatic rings. The molecule has 0 radical (unpaired) electrons. The number of anilines is 1. The Bertz CT molecular complexity index is 462. The lowest BCUT2D eigenvalue weighted by Crippen LogP contribution is -2.33. The lowest BCUT2D eigenvalue weighted by atomic mass is 9.90. The van der Waals surface area contributed by atoms with Gasteiger partial charge in [0.1, 0.15) is 5.82 Å². The fourth-order valence-electron chi connectivity index (χ4n) is 2.52.